The Morgan fingerprint density at radius 1 is 1.03 bits per heavy atom. The first-order valence-corrected chi connectivity index (χ1v) is 9.37. The smallest absolute Gasteiger partial charge is 0.389 e. The molecule has 0 atom stereocenters. The summed E-state index contributed by atoms with van der Waals surface area (Å²) in [6, 6.07) is 7.04. The molecule has 0 unspecified atom stereocenters. The Labute approximate surface area is 171 Å². The number of hydrogen-bond donors (Lipinski definition) is 2. The largest absolute Gasteiger partial charge is 0.435 e. The Kier molecular flexibility index (Phi) is 6.55. The molecule has 0 saturated heterocycles. The standard InChI is InChI=1S/C18H14F5N5OS/c19-14-12(28-30-9-6-18(21,22)23)3-4-13(15(14)20)29-16-10(2-1-7-25-16)11-5-8-26-17(24)27-11/h1-5,7-8,28H,6,9H2,(H2,24,26,27). The molecule has 0 bridgehead atoms. The molecule has 12 heteroatoms. The quantitative estimate of drug-likeness (QED) is 0.295. The zero-order valence-corrected chi connectivity index (χ0v) is 15.9. The van der Waals surface area contributed by atoms with E-state index in [0.29, 0.717) is 23.2 Å². The van der Waals surface area contributed by atoms with Crippen LogP contribution in [0.25, 0.3) is 11.3 Å². The van der Waals surface area contributed by atoms with Gasteiger partial charge in [0.25, 0.3) is 0 Å². The maximum atomic E-state index is 14.4. The van der Waals surface area contributed by atoms with Crippen LogP contribution in [0, 0.1) is 11.6 Å². The second-order valence-electron chi connectivity index (χ2n) is 5.81. The lowest BCUT2D eigenvalue weighted by Gasteiger charge is -2.13. The van der Waals surface area contributed by atoms with Crippen molar-refractivity contribution in [3.8, 4) is 22.9 Å². The van der Waals surface area contributed by atoms with Gasteiger partial charge in [-0.05, 0) is 30.3 Å². The number of alkyl halides is 3. The molecule has 0 fully saturated rings. The number of nitrogens with two attached hydrogens (primary N) is 1. The normalized spacial score (nSPS) is 11.4. The number of anilines is 2. The lowest BCUT2D eigenvalue weighted by Crippen LogP contribution is -2.09. The van der Waals surface area contributed by atoms with Crippen LogP contribution in [0.15, 0.2) is 42.7 Å². The predicted molar refractivity (Wildman–Crippen MR) is 103 cm³/mol. The molecule has 2 aromatic heterocycles. The molecule has 2 heterocycles. The van der Waals surface area contributed by atoms with Crippen molar-refractivity contribution < 1.29 is 26.7 Å². The van der Waals surface area contributed by atoms with Crippen molar-refractivity contribution in [2.24, 2.45) is 0 Å². The summed E-state index contributed by atoms with van der Waals surface area (Å²) in [4.78, 5) is 11.8. The zero-order chi connectivity index (χ0) is 21.7. The summed E-state index contributed by atoms with van der Waals surface area (Å²) < 4.78 is 73.0. The Hall–Kier alpha value is -3.15. The highest BCUT2D eigenvalue weighted by Gasteiger charge is 2.26. The second kappa shape index (κ2) is 9.11. The second-order valence-corrected chi connectivity index (χ2v) is 6.71. The van der Waals surface area contributed by atoms with Gasteiger partial charge in [-0.2, -0.15) is 17.6 Å². The maximum Gasteiger partial charge on any atom is 0.389 e. The molecule has 3 aromatic rings. The van der Waals surface area contributed by atoms with Gasteiger partial charge in [-0.3, -0.25) is 0 Å². The Morgan fingerprint density at radius 2 is 1.83 bits per heavy atom. The average Bonchev–Trinajstić information content (AvgIpc) is 2.70. The topological polar surface area (TPSA) is 86.0 Å². The van der Waals surface area contributed by atoms with Crippen LogP contribution in [-0.2, 0) is 0 Å². The number of aromatic nitrogens is 3. The van der Waals surface area contributed by atoms with E-state index < -0.39 is 30.0 Å². The van der Waals surface area contributed by atoms with Crippen LogP contribution in [0.5, 0.6) is 11.6 Å². The summed E-state index contributed by atoms with van der Waals surface area (Å²) in [6.45, 7) is 0. The number of nitrogen functional groups attached to an aromatic ring is 1. The third-order valence-electron chi connectivity index (χ3n) is 3.64. The first-order valence-electron chi connectivity index (χ1n) is 8.39. The minimum absolute atomic E-state index is 0.0120. The van der Waals surface area contributed by atoms with E-state index in [-0.39, 0.29) is 23.3 Å². The first kappa shape index (κ1) is 21.6. The number of ether oxygens (including phenoxy) is 1. The third-order valence-corrected chi connectivity index (χ3v) is 4.42. The van der Waals surface area contributed by atoms with E-state index in [1.807, 2.05) is 0 Å². The van der Waals surface area contributed by atoms with E-state index in [2.05, 4.69) is 19.7 Å². The molecule has 0 aliphatic heterocycles. The Morgan fingerprint density at radius 3 is 2.57 bits per heavy atom. The van der Waals surface area contributed by atoms with Gasteiger partial charge < -0.3 is 15.2 Å². The van der Waals surface area contributed by atoms with Crippen LogP contribution >= 0.6 is 11.9 Å². The fraction of sp³-hybridized carbons (Fsp3) is 0.167. The SMILES string of the molecule is Nc1nccc(-c2cccnc2Oc2ccc(NSCCC(F)(F)F)c(F)c2F)n1. The van der Waals surface area contributed by atoms with Crippen LogP contribution in [0.2, 0.25) is 0 Å². The number of rotatable bonds is 7. The minimum Gasteiger partial charge on any atom is -0.435 e. The number of nitrogens with one attached hydrogen (secondary N) is 1. The molecule has 158 valence electrons. The summed E-state index contributed by atoms with van der Waals surface area (Å²) >= 11 is 0.611. The average molecular weight is 443 g/mol. The summed E-state index contributed by atoms with van der Waals surface area (Å²) in [6.07, 6.45) is -2.58. The van der Waals surface area contributed by atoms with Crippen molar-refractivity contribution in [1.29, 1.82) is 0 Å². The molecule has 3 N–H and O–H groups in total. The van der Waals surface area contributed by atoms with Crippen LogP contribution in [-0.4, -0.2) is 26.9 Å². The van der Waals surface area contributed by atoms with Gasteiger partial charge in [0, 0.05) is 18.1 Å². The number of nitrogens with zero attached hydrogens (tertiary/aromatic N) is 3. The van der Waals surface area contributed by atoms with Crippen molar-refractivity contribution in [3.63, 3.8) is 0 Å². The molecule has 6 nitrogen and oxygen atoms in total. The zero-order valence-electron chi connectivity index (χ0n) is 15.1. The van der Waals surface area contributed by atoms with Gasteiger partial charge in [0.2, 0.25) is 17.6 Å². The number of benzene rings is 1. The minimum atomic E-state index is -4.33. The van der Waals surface area contributed by atoms with Gasteiger partial charge in [-0.25, -0.2) is 19.3 Å². The van der Waals surface area contributed by atoms with Gasteiger partial charge in [0.1, 0.15) is 0 Å². The van der Waals surface area contributed by atoms with E-state index in [0.717, 1.165) is 12.1 Å². The Balaban J connectivity index is 1.78. The number of hydrogen-bond acceptors (Lipinski definition) is 7. The highest BCUT2D eigenvalue weighted by Crippen LogP contribution is 2.34. The molecule has 0 amide bonds. The summed E-state index contributed by atoms with van der Waals surface area (Å²) in [5.74, 6) is -3.47. The molecule has 0 aliphatic carbocycles. The van der Waals surface area contributed by atoms with E-state index in [1.54, 1.807) is 18.2 Å². The van der Waals surface area contributed by atoms with Gasteiger partial charge >= 0.3 is 6.18 Å². The van der Waals surface area contributed by atoms with Crippen molar-refractivity contribution in [2.45, 2.75) is 12.6 Å². The number of halogens is 5. The first-order chi connectivity index (χ1) is 14.2. The van der Waals surface area contributed by atoms with Gasteiger partial charge in [0.15, 0.2) is 11.6 Å². The van der Waals surface area contributed by atoms with E-state index in [1.165, 1.54) is 12.4 Å². The molecule has 0 aliphatic rings. The van der Waals surface area contributed by atoms with Crippen molar-refractivity contribution in [3.05, 3.63) is 54.4 Å². The summed E-state index contributed by atoms with van der Waals surface area (Å²) in [7, 11) is 0. The Bertz CT molecular complexity index is 1030. The fourth-order valence-corrected chi connectivity index (χ4v) is 3.03. The molecule has 30 heavy (non-hydrogen) atoms. The highest BCUT2D eigenvalue weighted by molar-refractivity contribution is 8.00. The van der Waals surface area contributed by atoms with Crippen LogP contribution in [0.3, 0.4) is 0 Å². The van der Waals surface area contributed by atoms with Crippen molar-refractivity contribution in [1.82, 2.24) is 15.0 Å². The van der Waals surface area contributed by atoms with Crippen LogP contribution < -0.4 is 15.2 Å². The summed E-state index contributed by atoms with van der Waals surface area (Å²) in [5, 5.41) is 0. The molecule has 3 rings (SSSR count). The molecule has 1 aromatic carbocycles. The van der Waals surface area contributed by atoms with E-state index in [4.69, 9.17) is 10.5 Å². The maximum absolute atomic E-state index is 14.4. The van der Waals surface area contributed by atoms with Crippen LogP contribution in [0.1, 0.15) is 6.42 Å². The fourth-order valence-electron chi connectivity index (χ4n) is 2.28. The lowest BCUT2D eigenvalue weighted by molar-refractivity contribution is -0.129. The third kappa shape index (κ3) is 5.47. The highest BCUT2D eigenvalue weighted by atomic mass is 32.2. The van der Waals surface area contributed by atoms with E-state index in [9.17, 15) is 22.0 Å². The van der Waals surface area contributed by atoms with Gasteiger partial charge in [-0.1, -0.05) is 11.9 Å². The molecule has 0 spiro atoms. The molecule has 0 saturated carbocycles. The van der Waals surface area contributed by atoms with Crippen LogP contribution in [0.4, 0.5) is 33.6 Å². The summed E-state index contributed by atoms with van der Waals surface area (Å²) in [5.41, 5.74) is 6.00. The molecular formula is C18H14F5N5OS. The molecule has 0 radical (unpaired) electrons. The molecular weight excluding hydrogens is 429 g/mol. The van der Waals surface area contributed by atoms with Gasteiger partial charge in [-0.15, -0.1) is 0 Å². The van der Waals surface area contributed by atoms with Crippen molar-refractivity contribution >= 4 is 23.6 Å². The van der Waals surface area contributed by atoms with E-state index >= 15 is 0 Å². The lowest BCUT2D eigenvalue weighted by atomic mass is 10.2. The predicted octanol–water partition coefficient (Wildman–Crippen LogP) is 5.20. The van der Waals surface area contributed by atoms with Crippen molar-refractivity contribution in [2.75, 3.05) is 16.2 Å². The van der Waals surface area contributed by atoms with Gasteiger partial charge in [0.05, 0.1) is 23.4 Å². The monoisotopic (exact) mass is 443 g/mol. The number of pyridine rings is 1.